The van der Waals surface area contributed by atoms with Gasteiger partial charge in [-0.1, -0.05) is 0 Å². The number of alkyl halides is 3. The van der Waals surface area contributed by atoms with Gasteiger partial charge in [0.15, 0.2) is 0 Å². The van der Waals surface area contributed by atoms with Crippen LogP contribution in [-0.2, 0) is 6.54 Å². The van der Waals surface area contributed by atoms with E-state index in [0.29, 0.717) is 10.9 Å². The number of fused-ring (bicyclic) bond motifs is 1. The van der Waals surface area contributed by atoms with Crippen LogP contribution in [0.25, 0.3) is 10.9 Å². The van der Waals surface area contributed by atoms with Crippen molar-refractivity contribution in [2.75, 3.05) is 0 Å². The molecule has 0 spiro atoms. The largest absolute Gasteiger partial charge is 0.408 e. The predicted octanol–water partition coefficient (Wildman–Crippen LogP) is 1.70. The normalized spacial score (nSPS) is 11.9. The van der Waals surface area contributed by atoms with Crippen molar-refractivity contribution >= 4 is 16.8 Å². The third-order valence-corrected chi connectivity index (χ3v) is 2.18. The summed E-state index contributed by atoms with van der Waals surface area (Å²) < 4.78 is 37.2. The van der Waals surface area contributed by atoms with Crippen molar-refractivity contribution in [3.05, 3.63) is 30.0 Å². The van der Waals surface area contributed by atoms with E-state index in [2.05, 4.69) is 5.10 Å². The molecule has 1 heterocycles. The maximum Gasteiger partial charge on any atom is 0.408 e. The number of hydrogen-bond acceptors (Lipinski definition) is 2. The molecule has 0 fully saturated rings. The number of rotatable bonds is 2. The third kappa shape index (κ3) is 2.55. The van der Waals surface area contributed by atoms with E-state index in [0.717, 1.165) is 4.68 Å². The Bertz CT molecular complexity index is 574. The summed E-state index contributed by atoms with van der Waals surface area (Å²) in [6, 6.07) is 4.30. The minimum atomic E-state index is -4.32. The first-order valence-corrected chi connectivity index (χ1v) is 4.69. The Labute approximate surface area is 93.8 Å². The maximum atomic E-state index is 12.1. The number of carbonyl (C=O) groups excluding carboxylic acids is 1. The van der Waals surface area contributed by atoms with Crippen LogP contribution >= 0.6 is 0 Å². The fourth-order valence-corrected chi connectivity index (χ4v) is 1.49. The number of nitrogens with two attached hydrogens (primary N) is 1. The van der Waals surface area contributed by atoms with Gasteiger partial charge in [-0.3, -0.25) is 9.48 Å². The van der Waals surface area contributed by atoms with Crippen molar-refractivity contribution in [3.63, 3.8) is 0 Å². The Morgan fingerprint density at radius 1 is 1.41 bits per heavy atom. The van der Waals surface area contributed by atoms with E-state index < -0.39 is 18.6 Å². The first-order chi connectivity index (χ1) is 7.85. The number of carbonyl (C=O) groups is 1. The van der Waals surface area contributed by atoms with E-state index >= 15 is 0 Å². The first-order valence-electron chi connectivity index (χ1n) is 4.69. The van der Waals surface area contributed by atoms with Crippen LogP contribution in [0.1, 0.15) is 10.4 Å². The van der Waals surface area contributed by atoms with Crippen LogP contribution in [0.2, 0.25) is 0 Å². The maximum absolute atomic E-state index is 12.1. The van der Waals surface area contributed by atoms with Crippen molar-refractivity contribution in [2.24, 2.45) is 5.73 Å². The van der Waals surface area contributed by atoms with Gasteiger partial charge in [0.05, 0.1) is 5.52 Å². The Hall–Kier alpha value is -2.05. The highest BCUT2D eigenvalue weighted by molar-refractivity contribution is 5.96. The lowest BCUT2D eigenvalue weighted by molar-refractivity contribution is -0.142. The Balaban J connectivity index is 2.40. The molecule has 1 amide bonds. The molecule has 0 atom stereocenters. The molecule has 7 heteroatoms. The summed E-state index contributed by atoms with van der Waals surface area (Å²) in [7, 11) is 0. The number of aromatic nitrogens is 2. The molecule has 0 unspecified atom stereocenters. The minimum absolute atomic E-state index is 0.240. The molecule has 0 aliphatic heterocycles. The fraction of sp³-hybridized carbons (Fsp3) is 0.200. The zero-order valence-corrected chi connectivity index (χ0v) is 8.53. The van der Waals surface area contributed by atoms with Gasteiger partial charge in [-0.25, -0.2) is 0 Å². The molecule has 2 rings (SSSR count). The molecule has 1 aromatic heterocycles. The SMILES string of the molecule is NC(=O)c1ccc2nn(CC(F)(F)F)cc2c1. The summed E-state index contributed by atoms with van der Waals surface area (Å²) in [5.41, 5.74) is 5.70. The van der Waals surface area contributed by atoms with Gasteiger partial charge in [0, 0.05) is 17.1 Å². The van der Waals surface area contributed by atoms with Crippen LogP contribution in [0.15, 0.2) is 24.4 Å². The average Bonchev–Trinajstić information content (AvgIpc) is 2.54. The molecule has 1 aromatic carbocycles. The smallest absolute Gasteiger partial charge is 0.366 e. The second-order valence-corrected chi connectivity index (χ2v) is 3.58. The van der Waals surface area contributed by atoms with Crippen molar-refractivity contribution < 1.29 is 18.0 Å². The molecule has 2 aromatic rings. The zero-order chi connectivity index (χ0) is 12.6. The van der Waals surface area contributed by atoms with Crippen molar-refractivity contribution in [3.8, 4) is 0 Å². The lowest BCUT2D eigenvalue weighted by Gasteiger charge is -2.04. The summed E-state index contributed by atoms with van der Waals surface area (Å²) >= 11 is 0. The van der Waals surface area contributed by atoms with Crippen molar-refractivity contribution in [1.82, 2.24) is 9.78 Å². The lowest BCUT2D eigenvalue weighted by Crippen LogP contribution is -2.17. The molecule has 0 saturated heterocycles. The second kappa shape index (κ2) is 3.76. The lowest BCUT2D eigenvalue weighted by atomic mass is 10.1. The van der Waals surface area contributed by atoms with Gasteiger partial charge in [-0.05, 0) is 18.2 Å². The number of amides is 1. The number of nitrogens with zero attached hydrogens (tertiary/aromatic N) is 2. The van der Waals surface area contributed by atoms with E-state index in [9.17, 15) is 18.0 Å². The second-order valence-electron chi connectivity index (χ2n) is 3.58. The highest BCUT2D eigenvalue weighted by Gasteiger charge is 2.28. The first kappa shape index (κ1) is 11.4. The molecule has 90 valence electrons. The molecule has 2 N–H and O–H groups in total. The van der Waals surface area contributed by atoms with E-state index in [4.69, 9.17) is 5.73 Å². The minimum Gasteiger partial charge on any atom is -0.366 e. The van der Waals surface area contributed by atoms with Gasteiger partial charge in [0.2, 0.25) is 5.91 Å². The van der Waals surface area contributed by atoms with Crippen LogP contribution in [0.4, 0.5) is 13.2 Å². The van der Waals surface area contributed by atoms with Crippen molar-refractivity contribution in [1.29, 1.82) is 0 Å². The Morgan fingerprint density at radius 3 is 2.71 bits per heavy atom. The Morgan fingerprint density at radius 2 is 2.12 bits per heavy atom. The molecular formula is C10H8F3N3O. The topological polar surface area (TPSA) is 60.9 Å². The summed E-state index contributed by atoms with van der Waals surface area (Å²) in [5.74, 6) is -0.629. The van der Waals surface area contributed by atoms with Gasteiger partial charge in [0.1, 0.15) is 6.54 Å². The van der Waals surface area contributed by atoms with E-state index in [-0.39, 0.29) is 5.56 Å². The van der Waals surface area contributed by atoms with E-state index in [1.165, 1.54) is 24.4 Å². The molecule has 17 heavy (non-hydrogen) atoms. The fourth-order valence-electron chi connectivity index (χ4n) is 1.49. The predicted molar refractivity (Wildman–Crippen MR) is 54.3 cm³/mol. The number of primary amides is 1. The van der Waals surface area contributed by atoms with Gasteiger partial charge in [0.25, 0.3) is 0 Å². The molecule has 0 bridgehead atoms. The summed E-state index contributed by atoms with van der Waals surface area (Å²) in [6.07, 6.45) is -3.09. The summed E-state index contributed by atoms with van der Waals surface area (Å²) in [6.45, 7) is -1.16. The molecule has 0 aliphatic carbocycles. The van der Waals surface area contributed by atoms with Crippen LogP contribution in [0, 0.1) is 0 Å². The van der Waals surface area contributed by atoms with Crippen LogP contribution in [0.5, 0.6) is 0 Å². The average molecular weight is 243 g/mol. The van der Waals surface area contributed by atoms with Gasteiger partial charge in [-0.15, -0.1) is 0 Å². The van der Waals surface area contributed by atoms with Crippen LogP contribution < -0.4 is 5.73 Å². The quantitative estimate of drug-likeness (QED) is 0.872. The third-order valence-electron chi connectivity index (χ3n) is 2.18. The van der Waals surface area contributed by atoms with Gasteiger partial charge >= 0.3 is 6.18 Å². The molecule has 0 aliphatic rings. The molecule has 0 saturated carbocycles. The van der Waals surface area contributed by atoms with Gasteiger partial charge in [-0.2, -0.15) is 18.3 Å². The van der Waals surface area contributed by atoms with E-state index in [1.54, 1.807) is 0 Å². The molecule has 4 nitrogen and oxygen atoms in total. The van der Waals surface area contributed by atoms with Crippen LogP contribution in [-0.4, -0.2) is 21.9 Å². The number of benzene rings is 1. The number of halogens is 3. The zero-order valence-electron chi connectivity index (χ0n) is 8.53. The monoisotopic (exact) mass is 243 g/mol. The Kier molecular flexibility index (Phi) is 2.53. The van der Waals surface area contributed by atoms with Gasteiger partial charge < -0.3 is 5.73 Å². The van der Waals surface area contributed by atoms with Crippen molar-refractivity contribution in [2.45, 2.75) is 12.7 Å². The molecular weight excluding hydrogens is 235 g/mol. The highest BCUT2D eigenvalue weighted by Crippen LogP contribution is 2.20. The molecule has 0 radical (unpaired) electrons. The summed E-state index contributed by atoms with van der Waals surface area (Å²) in [5, 5.41) is 4.19. The van der Waals surface area contributed by atoms with E-state index in [1.807, 2.05) is 0 Å². The summed E-state index contributed by atoms with van der Waals surface area (Å²) in [4.78, 5) is 10.9. The standard InChI is InChI=1S/C10H8F3N3O/c11-10(12,13)5-16-4-7-3-6(9(14)17)1-2-8(7)15-16/h1-4H,5H2,(H2,14,17). The highest BCUT2D eigenvalue weighted by atomic mass is 19.4. The van der Waals surface area contributed by atoms with Crippen LogP contribution in [0.3, 0.4) is 0 Å². The number of hydrogen-bond donors (Lipinski definition) is 1.